The number of epoxide rings is 1. The lowest BCUT2D eigenvalue weighted by molar-refractivity contribution is 0.261. The van der Waals surface area contributed by atoms with Crippen LogP contribution in [0.15, 0.2) is 36.9 Å². The molecule has 0 bridgehead atoms. The zero-order chi connectivity index (χ0) is 11.9. The minimum atomic E-state index is 0.323. The van der Waals surface area contributed by atoms with Gasteiger partial charge in [0.1, 0.15) is 18.5 Å². The third-order valence-corrected chi connectivity index (χ3v) is 2.90. The molecule has 0 spiro atoms. The van der Waals surface area contributed by atoms with E-state index in [1.54, 1.807) is 0 Å². The number of para-hydroxylation sites is 1. The molecule has 0 N–H and O–H groups in total. The van der Waals surface area contributed by atoms with Crippen molar-refractivity contribution >= 4 is 0 Å². The Labute approximate surface area is 103 Å². The highest BCUT2D eigenvalue weighted by Crippen LogP contribution is 2.22. The van der Waals surface area contributed by atoms with E-state index < -0.39 is 0 Å². The van der Waals surface area contributed by atoms with Crippen molar-refractivity contribution in [3.8, 4) is 5.75 Å². The van der Waals surface area contributed by atoms with Gasteiger partial charge in [-0.1, -0.05) is 24.3 Å². The number of allylic oxidation sites excluding steroid dienone is 1. The normalized spacial score (nSPS) is 17.8. The van der Waals surface area contributed by atoms with Gasteiger partial charge >= 0.3 is 0 Å². The molecule has 0 amide bonds. The van der Waals surface area contributed by atoms with Crippen molar-refractivity contribution in [1.82, 2.24) is 0 Å². The zero-order valence-electron chi connectivity index (χ0n) is 10.2. The lowest BCUT2D eigenvalue weighted by Gasteiger charge is -2.10. The van der Waals surface area contributed by atoms with Crippen molar-refractivity contribution in [3.05, 3.63) is 42.5 Å². The minimum absolute atomic E-state index is 0.323. The molecule has 0 aliphatic carbocycles. The molecule has 1 aliphatic heterocycles. The van der Waals surface area contributed by atoms with Gasteiger partial charge in [-0.05, 0) is 37.3 Å². The van der Waals surface area contributed by atoms with Crippen LogP contribution in [0, 0.1) is 0 Å². The molecule has 1 aromatic carbocycles. The highest BCUT2D eigenvalue weighted by molar-refractivity contribution is 5.33. The van der Waals surface area contributed by atoms with E-state index in [0.717, 1.165) is 25.2 Å². The molecule has 0 radical (unpaired) electrons. The summed E-state index contributed by atoms with van der Waals surface area (Å²) < 4.78 is 10.9. The maximum Gasteiger partial charge on any atom is 0.122 e. The second-order valence-electron chi connectivity index (χ2n) is 4.41. The Morgan fingerprint density at radius 2 is 2.18 bits per heavy atom. The van der Waals surface area contributed by atoms with E-state index in [1.165, 1.54) is 18.4 Å². The topological polar surface area (TPSA) is 21.8 Å². The van der Waals surface area contributed by atoms with Gasteiger partial charge in [0.15, 0.2) is 0 Å². The fraction of sp³-hybridized carbons (Fsp3) is 0.467. The number of unbranched alkanes of at least 4 members (excludes halogenated alkanes) is 2. The molecule has 1 unspecified atom stereocenters. The molecule has 1 fully saturated rings. The van der Waals surface area contributed by atoms with E-state index in [2.05, 4.69) is 18.7 Å². The first-order valence-corrected chi connectivity index (χ1v) is 6.33. The summed E-state index contributed by atoms with van der Waals surface area (Å²) in [6.45, 7) is 5.27. The third-order valence-electron chi connectivity index (χ3n) is 2.90. The standard InChI is InChI=1S/C15H20O2/c1-2-3-4-5-8-13-9-6-7-10-15(13)17-12-14-11-16-14/h2,6-7,9-10,14H,1,3-5,8,11-12H2. The zero-order valence-corrected chi connectivity index (χ0v) is 10.2. The van der Waals surface area contributed by atoms with Gasteiger partial charge in [-0.15, -0.1) is 6.58 Å². The number of aryl methyl sites for hydroxylation is 1. The molecule has 1 atom stereocenters. The van der Waals surface area contributed by atoms with E-state index in [9.17, 15) is 0 Å². The highest BCUT2D eigenvalue weighted by atomic mass is 16.6. The van der Waals surface area contributed by atoms with Crippen LogP contribution in [0.2, 0.25) is 0 Å². The molecule has 17 heavy (non-hydrogen) atoms. The van der Waals surface area contributed by atoms with Gasteiger partial charge in [-0.25, -0.2) is 0 Å². The summed E-state index contributed by atoms with van der Waals surface area (Å²) in [5, 5.41) is 0. The summed E-state index contributed by atoms with van der Waals surface area (Å²) in [6, 6.07) is 8.29. The van der Waals surface area contributed by atoms with Gasteiger partial charge in [0.2, 0.25) is 0 Å². The molecule has 92 valence electrons. The van der Waals surface area contributed by atoms with Gasteiger partial charge in [0, 0.05) is 0 Å². The number of hydrogen-bond acceptors (Lipinski definition) is 2. The van der Waals surface area contributed by atoms with Crippen molar-refractivity contribution in [3.63, 3.8) is 0 Å². The van der Waals surface area contributed by atoms with E-state index in [4.69, 9.17) is 9.47 Å². The van der Waals surface area contributed by atoms with E-state index >= 15 is 0 Å². The Balaban J connectivity index is 1.82. The SMILES string of the molecule is C=CCCCCc1ccccc1OCC1CO1. The first-order valence-electron chi connectivity index (χ1n) is 6.33. The van der Waals surface area contributed by atoms with Crippen LogP contribution in [0.5, 0.6) is 5.75 Å². The lowest BCUT2D eigenvalue weighted by atomic mass is 10.1. The Kier molecular flexibility index (Phi) is 4.63. The maximum absolute atomic E-state index is 5.77. The molecule has 2 nitrogen and oxygen atoms in total. The Bertz CT molecular complexity index is 356. The van der Waals surface area contributed by atoms with Crippen LogP contribution in [-0.4, -0.2) is 19.3 Å². The molecule has 1 heterocycles. The second kappa shape index (κ2) is 6.45. The molecular weight excluding hydrogens is 212 g/mol. The van der Waals surface area contributed by atoms with Crippen LogP contribution in [-0.2, 0) is 11.2 Å². The van der Waals surface area contributed by atoms with E-state index in [-0.39, 0.29) is 0 Å². The molecular formula is C15H20O2. The summed E-state index contributed by atoms with van der Waals surface area (Å²) >= 11 is 0. The predicted molar refractivity (Wildman–Crippen MR) is 69.4 cm³/mol. The summed E-state index contributed by atoms with van der Waals surface area (Å²) in [5.41, 5.74) is 1.30. The monoisotopic (exact) mass is 232 g/mol. The second-order valence-corrected chi connectivity index (χ2v) is 4.41. The number of hydrogen-bond donors (Lipinski definition) is 0. The number of benzene rings is 1. The van der Waals surface area contributed by atoms with Crippen molar-refractivity contribution in [1.29, 1.82) is 0 Å². The third kappa shape index (κ3) is 4.23. The molecule has 1 aromatic rings. The predicted octanol–water partition coefficient (Wildman–Crippen LogP) is 3.36. The highest BCUT2D eigenvalue weighted by Gasteiger charge is 2.23. The summed E-state index contributed by atoms with van der Waals surface area (Å²) in [7, 11) is 0. The van der Waals surface area contributed by atoms with Crippen molar-refractivity contribution in [2.75, 3.05) is 13.2 Å². The Hall–Kier alpha value is -1.28. The fourth-order valence-corrected chi connectivity index (χ4v) is 1.80. The van der Waals surface area contributed by atoms with Crippen LogP contribution in [0.4, 0.5) is 0 Å². The average Bonchev–Trinajstić information content (AvgIpc) is 3.17. The minimum Gasteiger partial charge on any atom is -0.491 e. The van der Waals surface area contributed by atoms with Crippen LogP contribution in [0.25, 0.3) is 0 Å². The summed E-state index contributed by atoms with van der Waals surface area (Å²) in [5.74, 6) is 1.02. The first-order chi connectivity index (χ1) is 8.40. The van der Waals surface area contributed by atoms with Crippen LogP contribution in [0.3, 0.4) is 0 Å². The average molecular weight is 232 g/mol. The smallest absolute Gasteiger partial charge is 0.122 e. The largest absolute Gasteiger partial charge is 0.491 e. The quantitative estimate of drug-likeness (QED) is 0.389. The van der Waals surface area contributed by atoms with E-state index in [1.807, 2.05) is 18.2 Å². The fourth-order valence-electron chi connectivity index (χ4n) is 1.80. The molecule has 1 aliphatic rings. The van der Waals surface area contributed by atoms with Crippen molar-refractivity contribution in [2.24, 2.45) is 0 Å². The van der Waals surface area contributed by atoms with Gasteiger partial charge in [0.25, 0.3) is 0 Å². The van der Waals surface area contributed by atoms with Crippen LogP contribution < -0.4 is 4.74 Å². The summed E-state index contributed by atoms with van der Waals surface area (Å²) in [4.78, 5) is 0. The Morgan fingerprint density at radius 3 is 2.94 bits per heavy atom. The van der Waals surface area contributed by atoms with Crippen molar-refractivity contribution in [2.45, 2.75) is 31.8 Å². The maximum atomic E-state index is 5.77. The van der Waals surface area contributed by atoms with Crippen LogP contribution in [0.1, 0.15) is 24.8 Å². The van der Waals surface area contributed by atoms with Crippen molar-refractivity contribution < 1.29 is 9.47 Å². The molecule has 2 heteroatoms. The van der Waals surface area contributed by atoms with Gasteiger partial charge < -0.3 is 9.47 Å². The molecule has 2 rings (SSSR count). The first kappa shape index (κ1) is 12.2. The molecule has 1 saturated heterocycles. The number of rotatable bonds is 8. The Morgan fingerprint density at radius 1 is 1.35 bits per heavy atom. The molecule has 0 saturated carbocycles. The van der Waals surface area contributed by atoms with Gasteiger partial charge in [-0.2, -0.15) is 0 Å². The summed E-state index contributed by atoms with van der Waals surface area (Å²) in [6.07, 6.45) is 6.86. The number of ether oxygens (including phenoxy) is 2. The molecule has 0 aromatic heterocycles. The van der Waals surface area contributed by atoms with Gasteiger partial charge in [-0.3, -0.25) is 0 Å². The van der Waals surface area contributed by atoms with Gasteiger partial charge in [0.05, 0.1) is 6.61 Å². The van der Waals surface area contributed by atoms with Crippen LogP contribution >= 0.6 is 0 Å². The lowest BCUT2D eigenvalue weighted by Crippen LogP contribution is -2.05. The van der Waals surface area contributed by atoms with E-state index in [0.29, 0.717) is 12.7 Å².